The van der Waals surface area contributed by atoms with E-state index in [1.54, 1.807) is 138 Å². The Hall–Kier alpha value is -10.3. The lowest BCUT2D eigenvalue weighted by Crippen LogP contribution is -2.44. The van der Waals surface area contributed by atoms with Crippen molar-refractivity contribution < 1.29 is 88.1 Å². The Labute approximate surface area is 559 Å². The smallest absolute Gasteiger partial charge is 0.443 e. The molecule has 0 bridgehead atoms. The van der Waals surface area contributed by atoms with Crippen molar-refractivity contribution in [2.24, 2.45) is 0 Å². The number of carbonyl (C=O) groups is 4. The van der Waals surface area contributed by atoms with Crippen molar-refractivity contribution in [1.82, 2.24) is 45.4 Å². The Bertz CT molecular complexity index is 4080. The van der Waals surface area contributed by atoms with Gasteiger partial charge in [-0.1, -0.05) is 30.3 Å². The number of rotatable bonds is 11. The van der Waals surface area contributed by atoms with Crippen molar-refractivity contribution in [2.45, 2.75) is 139 Å². The maximum Gasteiger partial charge on any atom is 0.490 e. The van der Waals surface area contributed by atoms with Crippen LogP contribution in [-0.2, 0) is 37.7 Å². The van der Waals surface area contributed by atoms with Gasteiger partial charge in [-0.3, -0.25) is 0 Å². The minimum atomic E-state index is -1.82. The zero-order chi connectivity index (χ0) is 70.3. The minimum absolute atomic E-state index is 0. The van der Waals surface area contributed by atoms with Crippen LogP contribution in [0.1, 0.15) is 126 Å². The Kier molecular flexibility index (Phi) is 27.6. The summed E-state index contributed by atoms with van der Waals surface area (Å²) in [7, 11) is -1.82. The van der Waals surface area contributed by atoms with E-state index in [4.69, 9.17) is 59.9 Å². The summed E-state index contributed by atoms with van der Waals surface area (Å²) in [4.78, 5) is 75.1. The van der Waals surface area contributed by atoms with Gasteiger partial charge in [0.1, 0.15) is 28.2 Å². The molecular weight excluding hydrogens is 1310 g/mol. The first kappa shape index (κ1) is 79.1. The molecule has 4 amide bonds. The Morgan fingerprint density at radius 1 is 0.485 bits per heavy atom. The largest absolute Gasteiger partial charge is 0.490 e. The highest BCUT2D eigenvalue weighted by atomic mass is 35.5. The molecule has 4 N–H and O–H groups in total. The monoisotopic (exact) mass is 1380 g/mol. The van der Waals surface area contributed by atoms with Crippen LogP contribution >= 0.6 is 11.6 Å². The summed E-state index contributed by atoms with van der Waals surface area (Å²) >= 11 is 5.78. The Balaban J connectivity index is 0.000000290. The number of halogens is 7. The van der Waals surface area contributed by atoms with Gasteiger partial charge in [0.25, 0.3) is 0 Å². The standard InChI is InChI=1S/C24H26F2N4O5.C19H24ClN3O5.C14H10F2N4O.C5H4BF2NO2.2CH4/c1-23(2,3)33-21(31)30(22(32)34-24(4,5)6)20-16(8-7-9-27-20)18-12-15(29-35-18)10-14-11-17(25)19(26)28-13-14;1-18(2,3)26-16(24)23(17(25)27-19(4,5)6)15-13(8-7-9-21-15)14-10-12(11-20)22-28-14;15-11-5-8(7-19-13(11)16)4-9-6-12(21-20-9)10-2-1-3-18-14(10)17;7-4-1-3(6(10)11)2-9-5(4)8;;/h7-9,11-13H,10H2,1-6H3;7-10H,11H2,1-6H3;1-3,5-7H,4H2,(H2,17,18);1-2,10-11H;2*1H4. The van der Waals surface area contributed by atoms with Gasteiger partial charge in [0.2, 0.25) is 17.8 Å². The second kappa shape index (κ2) is 33.9. The van der Waals surface area contributed by atoms with Crippen molar-refractivity contribution >= 4 is 66.0 Å². The first-order valence-corrected chi connectivity index (χ1v) is 28.8. The molecule has 0 fully saturated rings. The summed E-state index contributed by atoms with van der Waals surface area (Å²) in [5, 5.41) is 28.6. The third-order valence-electron chi connectivity index (χ3n) is 11.3. The first-order valence-electron chi connectivity index (χ1n) is 28.2. The molecule has 9 aromatic heterocycles. The number of imide groups is 2. The number of pyridine rings is 6. The van der Waals surface area contributed by atoms with E-state index >= 15 is 0 Å². The van der Waals surface area contributed by atoms with E-state index in [1.165, 1.54) is 30.9 Å². The molecule has 0 aliphatic carbocycles. The number of nitrogens with zero attached hydrogens (tertiary/aromatic N) is 11. The number of carbonyl (C=O) groups excluding carboxylic acids is 4. The Morgan fingerprint density at radius 3 is 1.12 bits per heavy atom. The molecule has 9 heterocycles. The van der Waals surface area contributed by atoms with Crippen molar-refractivity contribution in [3.05, 3.63) is 173 Å². The number of alkyl halides is 1. The van der Waals surface area contributed by atoms with E-state index in [1.807, 2.05) is 0 Å². The first-order chi connectivity index (χ1) is 44.4. The van der Waals surface area contributed by atoms with E-state index in [0.717, 1.165) is 23.2 Å². The molecule has 9 aromatic rings. The van der Waals surface area contributed by atoms with Crippen molar-refractivity contribution in [2.75, 3.05) is 15.5 Å². The van der Waals surface area contributed by atoms with Gasteiger partial charge in [0, 0.05) is 73.7 Å². The predicted octanol–water partition coefficient (Wildman–Crippen LogP) is 13.7. The van der Waals surface area contributed by atoms with Crippen LogP contribution in [0.5, 0.6) is 0 Å². The van der Waals surface area contributed by atoms with Crippen LogP contribution in [0.3, 0.4) is 0 Å². The molecule has 0 atom stereocenters. The lowest BCUT2D eigenvalue weighted by atomic mass is 9.82. The minimum Gasteiger partial charge on any atom is -0.443 e. The normalized spacial score (nSPS) is 11.1. The molecule has 0 aromatic carbocycles. The topological polar surface area (TPSA) is 334 Å². The molecule has 9 rings (SSSR count). The molecule has 0 aliphatic heterocycles. The number of anilines is 3. The summed E-state index contributed by atoms with van der Waals surface area (Å²) in [6.45, 7) is 20.1. The van der Waals surface area contributed by atoms with Gasteiger partial charge in [-0.2, -0.15) is 23.0 Å². The molecule has 0 saturated carbocycles. The third-order valence-corrected chi connectivity index (χ3v) is 11.6. The van der Waals surface area contributed by atoms with Crippen LogP contribution in [0.15, 0.2) is 124 Å². The summed E-state index contributed by atoms with van der Waals surface area (Å²) in [5.41, 5.74) is 5.67. The van der Waals surface area contributed by atoms with Gasteiger partial charge < -0.3 is 48.3 Å². The van der Waals surface area contributed by atoms with Gasteiger partial charge in [0.15, 0.2) is 46.4 Å². The lowest BCUT2D eigenvalue weighted by molar-refractivity contribution is 0.0407. The Morgan fingerprint density at radius 2 is 0.804 bits per heavy atom. The average Bonchev–Trinajstić information content (AvgIpc) is 1.78. The third kappa shape index (κ3) is 23.8. The molecule has 0 radical (unpaired) electrons. The number of hydrogen-bond acceptors (Lipinski definition) is 23. The maximum atomic E-state index is 13.5. The molecule has 0 unspecified atom stereocenters. The van der Waals surface area contributed by atoms with Crippen molar-refractivity contribution in [3.8, 4) is 34.0 Å². The van der Waals surface area contributed by atoms with E-state index in [9.17, 15) is 45.5 Å². The molecule has 33 heteroatoms. The molecule has 0 aliphatic rings. The van der Waals surface area contributed by atoms with Crippen LogP contribution in [0, 0.1) is 35.3 Å². The van der Waals surface area contributed by atoms with Crippen LogP contribution in [0.25, 0.3) is 34.0 Å². The molecule has 97 heavy (non-hydrogen) atoms. The fourth-order valence-electron chi connectivity index (χ4n) is 7.54. The summed E-state index contributed by atoms with van der Waals surface area (Å²) < 4.78 is 114. The number of nitrogen functional groups attached to an aromatic ring is 1. The van der Waals surface area contributed by atoms with Gasteiger partial charge >= 0.3 is 31.5 Å². The van der Waals surface area contributed by atoms with Gasteiger partial charge in [-0.25, -0.2) is 62.3 Å². The number of hydrogen-bond donors (Lipinski definition) is 3. The quantitative estimate of drug-likeness (QED) is 0.0356. The maximum absolute atomic E-state index is 13.5. The van der Waals surface area contributed by atoms with Gasteiger partial charge in [0.05, 0.1) is 39.7 Å². The zero-order valence-corrected chi connectivity index (χ0v) is 53.9. The van der Waals surface area contributed by atoms with E-state index < -0.39 is 89.2 Å². The molecular formula is C64H72BClF6N12O13. The van der Waals surface area contributed by atoms with Crippen molar-refractivity contribution in [1.29, 1.82) is 0 Å². The lowest BCUT2D eigenvalue weighted by Gasteiger charge is -2.28. The fraction of sp³-hybridized carbons (Fsp3) is 0.328. The van der Waals surface area contributed by atoms with Crippen molar-refractivity contribution in [3.63, 3.8) is 0 Å². The van der Waals surface area contributed by atoms with Crippen LogP contribution in [-0.4, -0.2) is 109 Å². The highest BCUT2D eigenvalue weighted by Gasteiger charge is 2.38. The molecule has 518 valence electrons. The van der Waals surface area contributed by atoms with Gasteiger partial charge in [-0.15, -0.1) is 11.6 Å². The number of nitrogens with two attached hydrogens (primary N) is 1. The highest BCUT2D eigenvalue weighted by Crippen LogP contribution is 2.34. The number of amides is 4. The SMILES string of the molecule is C.C.CC(C)(C)OC(=O)N(C(=O)OC(C)(C)C)c1ncccc1-c1cc(CCl)no1.CC(C)(C)OC(=O)N(C(=O)OC(C)(C)C)c1ncccc1-c1cc(Cc2cnc(F)c(F)c2)no1.Nc1ncccc1-c1cc(Cc2cnc(F)c(F)c2)no1.OB(O)c1cnc(F)c(F)c1. The van der Waals surface area contributed by atoms with Gasteiger partial charge in [-0.05, 0) is 149 Å². The van der Waals surface area contributed by atoms with E-state index in [-0.39, 0.29) is 62.0 Å². The number of aromatic nitrogens is 9. The number of ether oxygens (including phenoxy) is 4. The predicted molar refractivity (Wildman–Crippen MR) is 344 cm³/mol. The summed E-state index contributed by atoms with van der Waals surface area (Å²) in [5.74, 6) is -5.50. The highest BCUT2D eigenvalue weighted by molar-refractivity contribution is 6.58. The second-order valence-corrected chi connectivity index (χ2v) is 24.2. The second-order valence-electron chi connectivity index (χ2n) is 24.0. The molecule has 25 nitrogen and oxygen atoms in total. The summed E-state index contributed by atoms with van der Waals surface area (Å²) in [6, 6.07) is 17.5. The summed E-state index contributed by atoms with van der Waals surface area (Å²) in [6.07, 6.45) is 4.27. The van der Waals surface area contributed by atoms with E-state index in [2.05, 4.69) is 45.4 Å². The van der Waals surface area contributed by atoms with Crippen LogP contribution < -0.4 is 21.0 Å². The zero-order valence-electron chi connectivity index (χ0n) is 53.1. The molecule has 0 saturated heterocycles. The fourth-order valence-corrected chi connectivity index (χ4v) is 7.67. The molecule has 0 spiro atoms. The van der Waals surface area contributed by atoms with E-state index in [0.29, 0.717) is 67.6 Å². The van der Waals surface area contributed by atoms with Crippen LogP contribution in [0.4, 0.5) is 63.0 Å². The average molecular weight is 1380 g/mol. The van der Waals surface area contributed by atoms with Crippen LogP contribution in [0.2, 0.25) is 0 Å².